The van der Waals surface area contributed by atoms with Crippen molar-refractivity contribution < 1.29 is 4.79 Å². The Morgan fingerprint density at radius 2 is 1.97 bits per heavy atom. The van der Waals surface area contributed by atoms with E-state index in [4.69, 9.17) is 4.98 Å². The lowest BCUT2D eigenvalue weighted by molar-refractivity contribution is 0.102. The van der Waals surface area contributed by atoms with Crippen LogP contribution < -0.4 is 10.9 Å². The predicted octanol–water partition coefficient (Wildman–Crippen LogP) is 4.29. The van der Waals surface area contributed by atoms with Crippen molar-refractivity contribution in [2.75, 3.05) is 5.32 Å². The third-order valence-corrected chi connectivity index (χ3v) is 6.28. The van der Waals surface area contributed by atoms with Crippen LogP contribution in [0.1, 0.15) is 41.0 Å². The lowest BCUT2D eigenvalue weighted by Gasteiger charge is -2.10. The van der Waals surface area contributed by atoms with Crippen LogP contribution in [-0.4, -0.2) is 20.4 Å². The molecule has 2 aromatic carbocycles. The van der Waals surface area contributed by atoms with Crippen LogP contribution in [0, 0.1) is 6.92 Å². The van der Waals surface area contributed by atoms with Crippen LogP contribution in [0.5, 0.6) is 0 Å². The number of hydrogen-bond donors (Lipinski definition) is 1. The van der Waals surface area contributed by atoms with Gasteiger partial charge in [0.15, 0.2) is 5.13 Å². The van der Waals surface area contributed by atoms with E-state index in [9.17, 15) is 9.59 Å². The van der Waals surface area contributed by atoms with E-state index in [1.165, 1.54) is 11.3 Å². The molecule has 0 atom stereocenters. The molecule has 0 unspecified atom stereocenters. The number of hydrogen-bond acceptors (Lipinski definition) is 5. The van der Waals surface area contributed by atoms with Gasteiger partial charge in [0.25, 0.3) is 11.5 Å². The largest absolute Gasteiger partial charge is 0.298 e. The van der Waals surface area contributed by atoms with Crippen molar-refractivity contribution in [2.24, 2.45) is 0 Å². The molecule has 6 nitrogen and oxygen atoms in total. The Morgan fingerprint density at radius 1 is 1.07 bits per heavy atom. The number of nitrogens with zero attached hydrogens (tertiary/aromatic N) is 3. The first-order valence-corrected chi connectivity index (χ1v) is 10.6. The van der Waals surface area contributed by atoms with Crippen LogP contribution in [0.2, 0.25) is 0 Å². The molecule has 1 aliphatic heterocycles. The van der Waals surface area contributed by atoms with E-state index in [0.29, 0.717) is 21.6 Å². The lowest BCUT2D eigenvalue weighted by Crippen LogP contribution is -2.24. The Kier molecular flexibility index (Phi) is 4.39. The fourth-order valence-electron chi connectivity index (χ4n) is 3.81. The molecule has 0 bridgehead atoms. The summed E-state index contributed by atoms with van der Waals surface area (Å²) in [5.74, 6) is 0.568. The number of carbonyl (C=O) groups is 1. The highest BCUT2D eigenvalue weighted by molar-refractivity contribution is 7.22. The van der Waals surface area contributed by atoms with Crippen LogP contribution in [0.15, 0.2) is 41.2 Å². The van der Waals surface area contributed by atoms with Crippen LogP contribution >= 0.6 is 11.3 Å². The summed E-state index contributed by atoms with van der Waals surface area (Å²) in [5.41, 5.74) is 3.06. The summed E-state index contributed by atoms with van der Waals surface area (Å²) in [5, 5.41) is 3.99. The molecule has 0 fully saturated rings. The second kappa shape index (κ2) is 7.08. The molecule has 3 heterocycles. The van der Waals surface area contributed by atoms with Crippen molar-refractivity contribution in [1.82, 2.24) is 14.5 Å². The maximum absolute atomic E-state index is 12.8. The number of aromatic nitrogens is 3. The Balaban J connectivity index is 1.49. The number of thiazole rings is 1. The molecule has 0 radical (unpaired) electrons. The zero-order valence-electron chi connectivity index (χ0n) is 16.1. The molecule has 29 heavy (non-hydrogen) atoms. The zero-order valence-corrected chi connectivity index (χ0v) is 16.9. The molecular weight excluding hydrogens is 384 g/mol. The number of amides is 1. The second-order valence-electron chi connectivity index (χ2n) is 7.47. The maximum Gasteiger partial charge on any atom is 0.261 e. The van der Waals surface area contributed by atoms with E-state index < -0.39 is 0 Å². The van der Waals surface area contributed by atoms with Crippen molar-refractivity contribution in [3.63, 3.8) is 0 Å². The third kappa shape index (κ3) is 3.31. The molecule has 0 spiro atoms. The minimum atomic E-state index is -0.250. The summed E-state index contributed by atoms with van der Waals surface area (Å²) in [6, 6.07) is 11.1. The van der Waals surface area contributed by atoms with Gasteiger partial charge in [0.1, 0.15) is 5.82 Å². The van der Waals surface area contributed by atoms with E-state index in [-0.39, 0.29) is 11.5 Å². The van der Waals surface area contributed by atoms with Gasteiger partial charge in [-0.25, -0.2) is 9.97 Å². The number of fused-ring (bicyclic) bond motifs is 3. The molecule has 0 saturated carbocycles. The standard InChI is InChI=1S/C22H20N4O2S/c1-13-6-9-16-18(11-13)29-22(24-16)25-20(27)14-7-8-15-17(12-14)23-19-5-3-2-4-10-26(19)21(15)28/h6-9,11-12H,2-5,10H2,1H3,(H,24,25,27). The smallest absolute Gasteiger partial charge is 0.261 e. The molecule has 5 rings (SSSR count). The van der Waals surface area contributed by atoms with Crippen molar-refractivity contribution in [2.45, 2.75) is 39.2 Å². The molecule has 2 aromatic heterocycles. The maximum atomic E-state index is 12.8. The monoisotopic (exact) mass is 404 g/mol. The highest BCUT2D eigenvalue weighted by atomic mass is 32.1. The van der Waals surface area contributed by atoms with E-state index in [0.717, 1.165) is 53.8 Å². The summed E-state index contributed by atoms with van der Waals surface area (Å²) in [6.07, 6.45) is 3.94. The topological polar surface area (TPSA) is 76.9 Å². The minimum Gasteiger partial charge on any atom is -0.298 e. The van der Waals surface area contributed by atoms with E-state index in [2.05, 4.69) is 16.4 Å². The Morgan fingerprint density at radius 3 is 2.86 bits per heavy atom. The fourth-order valence-corrected chi connectivity index (χ4v) is 4.77. The van der Waals surface area contributed by atoms with Crippen molar-refractivity contribution >= 4 is 43.5 Å². The molecule has 1 N–H and O–H groups in total. The molecular formula is C22H20N4O2S. The number of carbonyl (C=O) groups excluding carboxylic acids is 1. The van der Waals surface area contributed by atoms with Gasteiger partial charge in [-0.15, -0.1) is 0 Å². The van der Waals surface area contributed by atoms with E-state index in [1.807, 2.05) is 19.1 Å². The summed E-state index contributed by atoms with van der Waals surface area (Å²) < 4.78 is 2.83. The Labute approximate surface area is 171 Å². The summed E-state index contributed by atoms with van der Waals surface area (Å²) >= 11 is 1.45. The van der Waals surface area contributed by atoms with Gasteiger partial charge in [-0.1, -0.05) is 23.8 Å². The van der Waals surface area contributed by atoms with Crippen molar-refractivity contribution in [3.05, 3.63) is 63.7 Å². The van der Waals surface area contributed by atoms with Crippen LogP contribution in [0.3, 0.4) is 0 Å². The number of rotatable bonds is 2. The van der Waals surface area contributed by atoms with E-state index >= 15 is 0 Å². The lowest BCUT2D eigenvalue weighted by atomic mass is 10.1. The van der Waals surface area contributed by atoms with Gasteiger partial charge in [-0.2, -0.15) is 0 Å². The van der Waals surface area contributed by atoms with E-state index in [1.54, 1.807) is 22.8 Å². The number of aryl methyl sites for hydroxylation is 2. The first kappa shape index (κ1) is 18.0. The number of nitrogens with one attached hydrogen (secondary N) is 1. The molecule has 146 valence electrons. The van der Waals surface area contributed by atoms with Crippen LogP contribution in [-0.2, 0) is 13.0 Å². The van der Waals surface area contributed by atoms with Gasteiger partial charge >= 0.3 is 0 Å². The van der Waals surface area contributed by atoms with Crippen molar-refractivity contribution in [3.8, 4) is 0 Å². The first-order valence-electron chi connectivity index (χ1n) is 9.80. The van der Waals surface area contributed by atoms with Gasteiger partial charge in [0.2, 0.25) is 0 Å². The van der Waals surface area contributed by atoms with Crippen LogP contribution in [0.25, 0.3) is 21.1 Å². The normalized spacial score (nSPS) is 14.0. The van der Waals surface area contributed by atoms with Gasteiger partial charge in [0, 0.05) is 18.5 Å². The van der Waals surface area contributed by atoms with Crippen molar-refractivity contribution in [1.29, 1.82) is 0 Å². The third-order valence-electron chi connectivity index (χ3n) is 5.34. The minimum absolute atomic E-state index is 0.0135. The predicted molar refractivity (Wildman–Crippen MR) is 116 cm³/mol. The summed E-state index contributed by atoms with van der Waals surface area (Å²) in [7, 11) is 0. The average molecular weight is 404 g/mol. The summed E-state index contributed by atoms with van der Waals surface area (Å²) in [6.45, 7) is 2.75. The number of anilines is 1. The van der Waals surface area contributed by atoms with Gasteiger partial charge in [0.05, 0.1) is 21.1 Å². The Bertz CT molecular complexity index is 1320. The molecule has 1 amide bonds. The zero-order chi connectivity index (χ0) is 20.0. The SMILES string of the molecule is Cc1ccc2nc(NC(=O)c3ccc4c(=O)n5c(nc4c3)CCCCC5)sc2c1. The first-order chi connectivity index (χ1) is 14.1. The quantitative estimate of drug-likeness (QED) is 0.541. The molecule has 7 heteroatoms. The van der Waals surface area contributed by atoms with Gasteiger partial charge in [-0.3, -0.25) is 19.5 Å². The Hall–Kier alpha value is -3.06. The highest BCUT2D eigenvalue weighted by Crippen LogP contribution is 2.27. The van der Waals surface area contributed by atoms with Gasteiger partial charge < -0.3 is 0 Å². The molecule has 1 aliphatic rings. The summed E-state index contributed by atoms with van der Waals surface area (Å²) in [4.78, 5) is 34.8. The second-order valence-corrected chi connectivity index (χ2v) is 8.50. The number of benzene rings is 2. The van der Waals surface area contributed by atoms with Crippen LogP contribution in [0.4, 0.5) is 5.13 Å². The molecule has 0 saturated heterocycles. The highest BCUT2D eigenvalue weighted by Gasteiger charge is 2.16. The molecule has 0 aliphatic carbocycles. The fraction of sp³-hybridized carbons (Fsp3) is 0.273. The molecule has 4 aromatic rings. The average Bonchev–Trinajstić information content (AvgIpc) is 2.94. The van der Waals surface area contributed by atoms with Gasteiger partial charge in [-0.05, 0) is 55.7 Å².